The lowest BCUT2D eigenvalue weighted by Gasteiger charge is -2.49. The number of ether oxygens (including phenoxy) is 6. The summed E-state index contributed by atoms with van der Waals surface area (Å²) >= 11 is 0. The Labute approximate surface area is 346 Å². The second-order valence-corrected chi connectivity index (χ2v) is 18.6. The van der Waals surface area contributed by atoms with Gasteiger partial charge in [0, 0.05) is 44.0 Å². The number of rotatable bonds is 10. The van der Waals surface area contributed by atoms with Gasteiger partial charge < -0.3 is 64.2 Å². The number of carbonyl (C=O) groups is 1. The average Bonchev–Trinajstić information content (AvgIpc) is 3.16. The highest BCUT2D eigenvalue weighted by Crippen LogP contribution is 2.41. The van der Waals surface area contributed by atoms with Gasteiger partial charge in [0.2, 0.25) is 0 Å². The van der Waals surface area contributed by atoms with E-state index < -0.39 is 102 Å². The molecular formula is C44H76N2O12. The number of benzene rings is 1. The normalized spacial score (nSPS) is 46.4. The van der Waals surface area contributed by atoms with Crippen LogP contribution in [0.4, 0.5) is 0 Å². The number of aliphatic hydroxyl groups is 5. The molecule has 3 heterocycles. The zero-order chi connectivity index (χ0) is 43.5. The predicted octanol–water partition coefficient (Wildman–Crippen LogP) is 3.37. The minimum atomic E-state index is -1.86. The first-order valence-corrected chi connectivity index (χ1v) is 21.3. The van der Waals surface area contributed by atoms with E-state index in [2.05, 4.69) is 5.32 Å². The van der Waals surface area contributed by atoms with Crippen LogP contribution in [0.5, 0.6) is 0 Å². The Hall–Kier alpha value is -1.79. The van der Waals surface area contributed by atoms with Gasteiger partial charge in [0.25, 0.3) is 0 Å². The van der Waals surface area contributed by atoms with Gasteiger partial charge in [-0.05, 0) is 86.4 Å². The highest BCUT2D eigenvalue weighted by atomic mass is 16.7. The summed E-state index contributed by atoms with van der Waals surface area (Å²) in [4.78, 5) is 16.3. The molecule has 0 bridgehead atoms. The summed E-state index contributed by atoms with van der Waals surface area (Å²) in [6.45, 7) is 18.1. The van der Waals surface area contributed by atoms with Gasteiger partial charge in [-0.2, -0.15) is 0 Å². The fraction of sp³-hybridized carbons (Fsp3) is 0.841. The van der Waals surface area contributed by atoms with Crippen molar-refractivity contribution in [2.45, 2.75) is 192 Å². The summed E-state index contributed by atoms with van der Waals surface area (Å²) < 4.78 is 38.0. The molecule has 1 aromatic rings. The van der Waals surface area contributed by atoms with Crippen LogP contribution < -0.4 is 5.32 Å². The number of likely N-dealkylation sites (N-methyl/N-ethyl adjacent to an activating group) is 1. The fourth-order valence-corrected chi connectivity index (χ4v) is 9.82. The maximum absolute atomic E-state index is 14.4. The molecular weight excluding hydrogens is 748 g/mol. The van der Waals surface area contributed by atoms with Gasteiger partial charge >= 0.3 is 5.97 Å². The van der Waals surface area contributed by atoms with E-state index in [1.54, 1.807) is 34.6 Å². The van der Waals surface area contributed by atoms with Gasteiger partial charge in [0.05, 0.1) is 47.6 Å². The number of esters is 1. The Balaban J connectivity index is 1.86. The van der Waals surface area contributed by atoms with Gasteiger partial charge in [0.1, 0.15) is 23.9 Å². The molecule has 58 heavy (non-hydrogen) atoms. The van der Waals surface area contributed by atoms with Crippen LogP contribution in [0.1, 0.15) is 100 Å². The smallest absolute Gasteiger partial charge is 0.311 e. The quantitative estimate of drug-likeness (QED) is 0.189. The Morgan fingerprint density at radius 3 is 2.12 bits per heavy atom. The molecule has 3 aliphatic rings. The van der Waals surface area contributed by atoms with Crippen molar-refractivity contribution >= 4 is 5.97 Å². The van der Waals surface area contributed by atoms with Crippen molar-refractivity contribution in [3.8, 4) is 0 Å². The highest BCUT2D eigenvalue weighted by molar-refractivity contribution is 5.73. The van der Waals surface area contributed by atoms with Crippen LogP contribution in [0.15, 0.2) is 30.3 Å². The third-order valence-corrected chi connectivity index (χ3v) is 13.5. The molecule has 3 saturated heterocycles. The SMILES string of the molecule is CCC1OC(=O)[C@H](C)C(O[C@H]2C[C@@](C)(OC)[C@@H](O)[C@H](C)O2)[C@H](C)[C@@H](O[C@@H]2O[C@H](C)C[C@H](N(C)C)[C@H]2O)[C@](C)(O)C[C@@H](C)[C@H](NCc2ccccc2)[C@H](C)[C@@H](O)[C@]1(C)O. The van der Waals surface area contributed by atoms with Crippen LogP contribution in [0, 0.1) is 23.7 Å². The zero-order valence-electron chi connectivity index (χ0n) is 37.2. The van der Waals surface area contributed by atoms with Crippen molar-refractivity contribution < 1.29 is 58.7 Å². The number of cyclic esters (lactones) is 1. The summed E-state index contributed by atoms with van der Waals surface area (Å²) in [6.07, 6.45) is -8.65. The lowest BCUT2D eigenvalue weighted by molar-refractivity contribution is -0.318. The topological polar surface area (TPSA) is 189 Å². The number of carbonyl (C=O) groups excluding carboxylic acids is 1. The van der Waals surface area contributed by atoms with Crippen molar-refractivity contribution in [3.63, 3.8) is 0 Å². The molecule has 3 aliphatic heterocycles. The van der Waals surface area contributed by atoms with E-state index in [-0.39, 0.29) is 37.3 Å². The molecule has 19 atom stereocenters. The lowest BCUT2D eigenvalue weighted by Crippen LogP contribution is -2.62. The van der Waals surface area contributed by atoms with Gasteiger partial charge in [-0.1, -0.05) is 58.0 Å². The number of nitrogens with zero attached hydrogens (tertiary/aromatic N) is 1. The number of nitrogens with one attached hydrogen (secondary N) is 1. The van der Waals surface area contributed by atoms with Gasteiger partial charge in [-0.25, -0.2) is 0 Å². The molecule has 3 fully saturated rings. The van der Waals surface area contributed by atoms with Crippen LogP contribution in [-0.2, 0) is 39.8 Å². The van der Waals surface area contributed by atoms with E-state index >= 15 is 0 Å². The van der Waals surface area contributed by atoms with Gasteiger partial charge in [-0.15, -0.1) is 0 Å². The molecule has 2 unspecified atom stereocenters. The summed E-state index contributed by atoms with van der Waals surface area (Å²) in [5.74, 6) is -3.43. The van der Waals surface area contributed by atoms with Crippen LogP contribution in [0.25, 0.3) is 0 Å². The molecule has 0 saturated carbocycles. The number of aliphatic hydroxyl groups excluding tert-OH is 3. The zero-order valence-corrected chi connectivity index (χ0v) is 37.2. The minimum Gasteiger partial charge on any atom is -0.459 e. The molecule has 1 aromatic carbocycles. The van der Waals surface area contributed by atoms with Crippen molar-refractivity contribution in [2.75, 3.05) is 21.2 Å². The Morgan fingerprint density at radius 2 is 1.53 bits per heavy atom. The lowest BCUT2D eigenvalue weighted by atomic mass is 9.72. The Kier molecular flexibility index (Phi) is 16.8. The van der Waals surface area contributed by atoms with E-state index in [1.807, 2.05) is 77.0 Å². The van der Waals surface area contributed by atoms with Crippen molar-refractivity contribution in [1.82, 2.24) is 10.2 Å². The van der Waals surface area contributed by atoms with Gasteiger partial charge in [-0.3, -0.25) is 4.79 Å². The number of hydrogen-bond donors (Lipinski definition) is 6. The van der Waals surface area contributed by atoms with Crippen molar-refractivity contribution in [2.24, 2.45) is 23.7 Å². The second-order valence-electron chi connectivity index (χ2n) is 18.6. The molecule has 0 spiro atoms. The van der Waals surface area contributed by atoms with Crippen LogP contribution in [-0.4, -0.2) is 148 Å². The standard InChI is InChI=1S/C44H76N2O12/c1-14-32-44(10,52)37(48)26(4)34(45-23-30-18-16-15-17-19-30)24(2)21-42(8,51)39(58-41-35(47)31(46(11)12)20-25(3)54-41)27(5)36(28(6)40(50)56-32)57-33-22-43(9,53-13)38(49)29(7)55-33/h15-19,24-29,31-39,41,45,47-49,51-52H,14,20-23H2,1-13H3/t24-,25-,26+,27+,28-,29+,31+,32?,33+,34+,35-,36?,37-,38+,39-,41+,42-,43-,44-/m1/s1. The second kappa shape index (κ2) is 19.9. The van der Waals surface area contributed by atoms with E-state index in [4.69, 9.17) is 28.4 Å². The van der Waals surface area contributed by atoms with Crippen LogP contribution in [0.2, 0.25) is 0 Å². The summed E-state index contributed by atoms with van der Waals surface area (Å²) in [5, 5.41) is 63.3. The first-order chi connectivity index (χ1) is 27.0. The van der Waals surface area contributed by atoms with E-state index in [0.29, 0.717) is 13.0 Å². The Morgan fingerprint density at radius 1 is 0.897 bits per heavy atom. The number of hydrogen-bond acceptors (Lipinski definition) is 14. The first-order valence-electron chi connectivity index (χ1n) is 21.3. The molecule has 6 N–H and O–H groups in total. The van der Waals surface area contributed by atoms with E-state index in [1.165, 1.54) is 14.0 Å². The molecule has 4 rings (SSSR count). The summed E-state index contributed by atoms with van der Waals surface area (Å²) in [6, 6.07) is 9.08. The molecule has 14 nitrogen and oxygen atoms in total. The third-order valence-electron chi connectivity index (χ3n) is 13.5. The van der Waals surface area contributed by atoms with Gasteiger partial charge in [0.15, 0.2) is 12.6 Å². The average molecular weight is 825 g/mol. The molecule has 14 heteroatoms. The van der Waals surface area contributed by atoms with E-state index in [9.17, 15) is 30.3 Å². The largest absolute Gasteiger partial charge is 0.459 e. The summed E-state index contributed by atoms with van der Waals surface area (Å²) in [7, 11) is 5.28. The monoisotopic (exact) mass is 825 g/mol. The first kappa shape index (κ1) is 48.9. The summed E-state index contributed by atoms with van der Waals surface area (Å²) in [5.41, 5.74) is -3.54. The van der Waals surface area contributed by atoms with Crippen molar-refractivity contribution in [3.05, 3.63) is 35.9 Å². The van der Waals surface area contributed by atoms with Crippen molar-refractivity contribution in [1.29, 1.82) is 0 Å². The van der Waals surface area contributed by atoms with Crippen LogP contribution >= 0.6 is 0 Å². The predicted molar refractivity (Wildman–Crippen MR) is 218 cm³/mol. The van der Waals surface area contributed by atoms with E-state index in [0.717, 1.165) is 5.56 Å². The fourth-order valence-electron chi connectivity index (χ4n) is 9.82. The van der Waals surface area contributed by atoms with Crippen LogP contribution in [0.3, 0.4) is 0 Å². The maximum Gasteiger partial charge on any atom is 0.311 e. The molecule has 334 valence electrons. The highest BCUT2D eigenvalue weighted by Gasteiger charge is 2.53. The molecule has 0 aromatic heterocycles. The Bertz CT molecular complexity index is 1430. The third kappa shape index (κ3) is 11.0. The maximum atomic E-state index is 14.4. The molecule has 0 radical (unpaired) electrons. The minimum absolute atomic E-state index is 0.122. The number of methoxy groups -OCH3 is 1. The molecule has 0 aliphatic carbocycles. The molecule has 0 amide bonds.